The highest BCUT2D eigenvalue weighted by molar-refractivity contribution is 5.95. The van der Waals surface area contributed by atoms with E-state index in [1.807, 2.05) is 60.4 Å². The van der Waals surface area contributed by atoms with Crippen molar-refractivity contribution in [1.29, 1.82) is 0 Å². The van der Waals surface area contributed by atoms with Crippen molar-refractivity contribution in [2.24, 2.45) is 0 Å². The summed E-state index contributed by atoms with van der Waals surface area (Å²) in [5.74, 6) is 3.33. The Hall–Kier alpha value is -3.81. The van der Waals surface area contributed by atoms with Crippen LogP contribution in [0.5, 0.6) is 23.1 Å². The number of methoxy groups -OCH3 is 2. The van der Waals surface area contributed by atoms with Crippen molar-refractivity contribution in [1.82, 2.24) is 14.9 Å². The topological polar surface area (TPSA) is 77.0 Å². The largest absolute Gasteiger partial charge is 0.497 e. The molecule has 166 valence electrons. The van der Waals surface area contributed by atoms with Gasteiger partial charge in [-0.25, -0.2) is 9.97 Å². The molecule has 4 rings (SSSR count). The SMILES string of the molecule is COc1ccc(Oc2cc(N3CCN(C(=O)c4cccc(OC)c4)[C@@H](C)C3)ncn2)cc1. The normalized spacial score (nSPS) is 15.9. The Morgan fingerprint density at radius 2 is 1.69 bits per heavy atom. The number of anilines is 1. The Kier molecular flexibility index (Phi) is 6.39. The zero-order chi connectivity index (χ0) is 22.5. The van der Waals surface area contributed by atoms with Crippen molar-refractivity contribution >= 4 is 11.7 Å². The first-order valence-electron chi connectivity index (χ1n) is 10.4. The lowest BCUT2D eigenvalue weighted by Crippen LogP contribution is -2.54. The van der Waals surface area contributed by atoms with E-state index in [2.05, 4.69) is 14.9 Å². The van der Waals surface area contributed by atoms with Crippen LogP contribution in [-0.2, 0) is 0 Å². The molecular weight excluding hydrogens is 408 g/mol. The van der Waals surface area contributed by atoms with E-state index < -0.39 is 0 Å². The second-order valence-corrected chi connectivity index (χ2v) is 7.52. The number of rotatable bonds is 6. The summed E-state index contributed by atoms with van der Waals surface area (Å²) in [5.41, 5.74) is 0.627. The molecule has 1 fully saturated rings. The molecule has 1 atom stereocenters. The molecule has 3 aromatic rings. The van der Waals surface area contributed by atoms with Crippen LogP contribution in [0.1, 0.15) is 17.3 Å². The van der Waals surface area contributed by atoms with Gasteiger partial charge in [0.1, 0.15) is 29.4 Å². The van der Waals surface area contributed by atoms with Crippen LogP contribution in [-0.4, -0.2) is 60.7 Å². The van der Waals surface area contributed by atoms with E-state index in [0.717, 1.165) is 11.6 Å². The summed E-state index contributed by atoms with van der Waals surface area (Å²) in [6.45, 7) is 3.96. The zero-order valence-corrected chi connectivity index (χ0v) is 18.4. The number of nitrogens with zero attached hydrogens (tertiary/aromatic N) is 4. The Morgan fingerprint density at radius 1 is 0.938 bits per heavy atom. The molecule has 0 spiro atoms. The minimum Gasteiger partial charge on any atom is -0.497 e. The van der Waals surface area contributed by atoms with Crippen LogP contribution in [0.15, 0.2) is 60.9 Å². The van der Waals surface area contributed by atoms with E-state index >= 15 is 0 Å². The summed E-state index contributed by atoms with van der Waals surface area (Å²) >= 11 is 0. The van der Waals surface area contributed by atoms with Gasteiger partial charge in [-0.3, -0.25) is 4.79 Å². The summed E-state index contributed by atoms with van der Waals surface area (Å²) in [6.07, 6.45) is 1.49. The molecule has 2 aromatic carbocycles. The number of amides is 1. The van der Waals surface area contributed by atoms with Crippen molar-refractivity contribution in [3.63, 3.8) is 0 Å². The highest BCUT2D eigenvalue weighted by Gasteiger charge is 2.29. The van der Waals surface area contributed by atoms with Gasteiger partial charge in [0.25, 0.3) is 5.91 Å². The van der Waals surface area contributed by atoms with Gasteiger partial charge < -0.3 is 24.0 Å². The number of benzene rings is 2. The first-order valence-corrected chi connectivity index (χ1v) is 10.4. The van der Waals surface area contributed by atoms with E-state index in [1.54, 1.807) is 20.3 Å². The van der Waals surface area contributed by atoms with Gasteiger partial charge in [-0.05, 0) is 49.4 Å². The molecule has 0 N–H and O–H groups in total. The van der Waals surface area contributed by atoms with Crippen LogP contribution in [0.3, 0.4) is 0 Å². The van der Waals surface area contributed by atoms with Gasteiger partial charge in [0.15, 0.2) is 0 Å². The number of carbonyl (C=O) groups is 1. The number of piperazine rings is 1. The third-order valence-electron chi connectivity index (χ3n) is 5.44. The predicted molar refractivity (Wildman–Crippen MR) is 121 cm³/mol. The fourth-order valence-corrected chi connectivity index (χ4v) is 3.71. The van der Waals surface area contributed by atoms with Crippen molar-refractivity contribution in [3.8, 4) is 23.1 Å². The lowest BCUT2D eigenvalue weighted by molar-refractivity contribution is 0.0673. The lowest BCUT2D eigenvalue weighted by Gasteiger charge is -2.40. The Balaban J connectivity index is 1.42. The average molecular weight is 434 g/mol. The average Bonchev–Trinajstić information content (AvgIpc) is 2.84. The maximum absolute atomic E-state index is 13.0. The molecule has 0 radical (unpaired) electrons. The van der Waals surface area contributed by atoms with Crippen LogP contribution in [0.4, 0.5) is 5.82 Å². The predicted octanol–water partition coefficient (Wildman–Crippen LogP) is 3.64. The summed E-state index contributed by atoms with van der Waals surface area (Å²) < 4.78 is 16.3. The molecule has 1 saturated heterocycles. The molecule has 8 nitrogen and oxygen atoms in total. The molecule has 1 aliphatic heterocycles. The minimum atomic E-state index is 0.00210. The van der Waals surface area contributed by atoms with E-state index in [9.17, 15) is 4.79 Å². The van der Waals surface area contributed by atoms with Gasteiger partial charge in [0.2, 0.25) is 5.88 Å². The van der Waals surface area contributed by atoms with Crippen LogP contribution in [0.25, 0.3) is 0 Å². The smallest absolute Gasteiger partial charge is 0.254 e. The Labute approximate surface area is 187 Å². The van der Waals surface area contributed by atoms with Gasteiger partial charge >= 0.3 is 0 Å². The molecule has 0 bridgehead atoms. The van der Waals surface area contributed by atoms with E-state index in [-0.39, 0.29) is 11.9 Å². The number of aromatic nitrogens is 2. The quantitative estimate of drug-likeness (QED) is 0.586. The second-order valence-electron chi connectivity index (χ2n) is 7.52. The summed E-state index contributed by atoms with van der Waals surface area (Å²) in [4.78, 5) is 25.7. The molecule has 1 amide bonds. The first kappa shape index (κ1) is 21.4. The molecule has 1 aromatic heterocycles. The highest BCUT2D eigenvalue weighted by Crippen LogP contribution is 2.26. The van der Waals surface area contributed by atoms with Crippen LogP contribution in [0, 0.1) is 0 Å². The van der Waals surface area contributed by atoms with Crippen molar-refractivity contribution < 1.29 is 19.0 Å². The summed E-state index contributed by atoms with van der Waals surface area (Å²) in [5, 5.41) is 0. The maximum atomic E-state index is 13.0. The molecular formula is C24H26N4O4. The highest BCUT2D eigenvalue weighted by atomic mass is 16.5. The van der Waals surface area contributed by atoms with Crippen LogP contribution >= 0.6 is 0 Å². The van der Waals surface area contributed by atoms with Gasteiger partial charge in [0.05, 0.1) is 14.2 Å². The third-order valence-corrected chi connectivity index (χ3v) is 5.44. The standard InChI is InChI=1S/C24H26N4O4/c1-17-15-27(11-12-28(17)24(29)18-5-4-6-21(13-18)31-3)22-14-23(26-16-25-22)32-20-9-7-19(30-2)8-10-20/h4-10,13-14,16-17H,11-12,15H2,1-3H3/t17-/m0/s1. The molecule has 32 heavy (non-hydrogen) atoms. The molecule has 0 unspecified atom stereocenters. The number of ether oxygens (including phenoxy) is 3. The summed E-state index contributed by atoms with van der Waals surface area (Å²) in [7, 11) is 3.22. The van der Waals surface area contributed by atoms with Crippen molar-refractivity contribution in [2.45, 2.75) is 13.0 Å². The molecule has 0 saturated carbocycles. The van der Waals surface area contributed by atoms with Gasteiger partial charge in [0, 0.05) is 37.3 Å². The Morgan fingerprint density at radius 3 is 2.41 bits per heavy atom. The Bertz CT molecular complexity index is 1070. The molecule has 1 aliphatic rings. The van der Waals surface area contributed by atoms with Gasteiger partial charge in [-0.15, -0.1) is 0 Å². The molecule has 0 aliphatic carbocycles. The van der Waals surface area contributed by atoms with Crippen molar-refractivity contribution in [3.05, 3.63) is 66.5 Å². The third kappa shape index (κ3) is 4.74. The second kappa shape index (κ2) is 9.55. The minimum absolute atomic E-state index is 0.00210. The number of hydrogen-bond donors (Lipinski definition) is 0. The lowest BCUT2D eigenvalue weighted by atomic mass is 10.1. The van der Waals surface area contributed by atoms with E-state index in [4.69, 9.17) is 14.2 Å². The van der Waals surface area contributed by atoms with Crippen LogP contribution in [0.2, 0.25) is 0 Å². The maximum Gasteiger partial charge on any atom is 0.254 e. The van der Waals surface area contributed by atoms with Gasteiger partial charge in [-0.1, -0.05) is 6.07 Å². The monoisotopic (exact) mass is 434 g/mol. The fourth-order valence-electron chi connectivity index (χ4n) is 3.71. The first-order chi connectivity index (χ1) is 15.6. The zero-order valence-electron chi connectivity index (χ0n) is 18.4. The van der Waals surface area contributed by atoms with Gasteiger partial charge in [-0.2, -0.15) is 0 Å². The number of hydrogen-bond acceptors (Lipinski definition) is 7. The van der Waals surface area contributed by atoms with Crippen molar-refractivity contribution in [2.75, 3.05) is 38.8 Å². The van der Waals surface area contributed by atoms with E-state index in [1.165, 1.54) is 6.33 Å². The summed E-state index contributed by atoms with van der Waals surface area (Å²) in [6, 6.07) is 16.4. The van der Waals surface area contributed by atoms with Crippen LogP contribution < -0.4 is 19.1 Å². The fraction of sp³-hybridized carbons (Fsp3) is 0.292. The number of carbonyl (C=O) groups excluding carboxylic acids is 1. The molecule has 2 heterocycles. The molecule has 8 heteroatoms. The van der Waals surface area contributed by atoms with E-state index in [0.29, 0.717) is 42.6 Å².